The number of anilines is 1. The van der Waals surface area contributed by atoms with Crippen LogP contribution in [0.1, 0.15) is 41.1 Å². The molecule has 2 rings (SSSR count). The average Bonchev–Trinajstić information content (AvgIpc) is 2.96. The van der Waals surface area contributed by atoms with Gasteiger partial charge >= 0.3 is 0 Å². The summed E-state index contributed by atoms with van der Waals surface area (Å²) in [5, 5.41) is 4.96. The maximum atomic E-state index is 12.2. The van der Waals surface area contributed by atoms with E-state index in [9.17, 15) is 9.59 Å². The van der Waals surface area contributed by atoms with E-state index in [1.807, 2.05) is 0 Å². The number of primary amides is 1. The Kier molecular flexibility index (Phi) is 6.73. The second-order valence-corrected chi connectivity index (χ2v) is 7.33. The number of hydrogen-bond acceptors (Lipinski definition) is 4. The van der Waals surface area contributed by atoms with Gasteiger partial charge in [-0.1, -0.05) is 0 Å². The van der Waals surface area contributed by atoms with Crippen molar-refractivity contribution in [3.8, 4) is 0 Å². The summed E-state index contributed by atoms with van der Waals surface area (Å²) in [6, 6.07) is 9.08. The highest BCUT2D eigenvalue weighted by atomic mass is 32.1. The van der Waals surface area contributed by atoms with Crippen molar-refractivity contribution in [3.63, 3.8) is 0 Å². The van der Waals surface area contributed by atoms with Crippen LogP contribution in [-0.2, 0) is 11.3 Å². The first-order chi connectivity index (χ1) is 11.9. The highest BCUT2D eigenvalue weighted by molar-refractivity contribution is 7.10. The Balaban J connectivity index is 1.88. The normalized spacial score (nSPS) is 11.1. The SMILES string of the molecule is Cc1ccsc1CN(CCC(=O)Nc1ccc(C(N)=O)cc1)C(C)C. The van der Waals surface area contributed by atoms with Gasteiger partial charge in [0.15, 0.2) is 0 Å². The van der Waals surface area contributed by atoms with Gasteiger partial charge in [-0.3, -0.25) is 14.5 Å². The van der Waals surface area contributed by atoms with Crippen LogP contribution in [0, 0.1) is 6.92 Å². The highest BCUT2D eigenvalue weighted by Gasteiger charge is 2.14. The fraction of sp³-hybridized carbons (Fsp3) is 0.368. The van der Waals surface area contributed by atoms with E-state index in [-0.39, 0.29) is 5.91 Å². The van der Waals surface area contributed by atoms with Crippen molar-refractivity contribution < 1.29 is 9.59 Å². The van der Waals surface area contributed by atoms with Crippen LogP contribution in [-0.4, -0.2) is 29.3 Å². The van der Waals surface area contributed by atoms with Gasteiger partial charge in [0.1, 0.15) is 0 Å². The number of rotatable bonds is 8. The molecule has 3 N–H and O–H groups in total. The minimum absolute atomic E-state index is 0.0413. The minimum atomic E-state index is -0.477. The molecule has 1 aromatic carbocycles. The smallest absolute Gasteiger partial charge is 0.248 e. The molecular formula is C19H25N3O2S. The third kappa shape index (κ3) is 5.69. The summed E-state index contributed by atoms with van der Waals surface area (Å²) in [6.07, 6.45) is 0.417. The molecule has 0 atom stereocenters. The Bertz CT molecular complexity index is 723. The van der Waals surface area contributed by atoms with Gasteiger partial charge in [0, 0.05) is 41.7 Å². The first kappa shape index (κ1) is 19.1. The average molecular weight is 359 g/mol. The van der Waals surface area contributed by atoms with E-state index in [2.05, 4.69) is 42.4 Å². The zero-order chi connectivity index (χ0) is 18.4. The topological polar surface area (TPSA) is 75.4 Å². The Hall–Kier alpha value is -2.18. The number of hydrogen-bond donors (Lipinski definition) is 2. The standard InChI is InChI=1S/C19H25N3O2S/c1-13(2)22(12-17-14(3)9-11-25-17)10-8-18(23)21-16-6-4-15(5-7-16)19(20)24/h4-7,9,11,13H,8,10,12H2,1-3H3,(H2,20,24)(H,21,23). The molecule has 0 aliphatic carbocycles. The van der Waals surface area contributed by atoms with Gasteiger partial charge in [0.25, 0.3) is 0 Å². The molecule has 1 aromatic heterocycles. The van der Waals surface area contributed by atoms with Gasteiger partial charge in [-0.2, -0.15) is 0 Å². The molecule has 0 saturated carbocycles. The van der Waals surface area contributed by atoms with Crippen molar-refractivity contribution in [2.24, 2.45) is 5.73 Å². The first-order valence-corrected chi connectivity index (χ1v) is 9.21. The lowest BCUT2D eigenvalue weighted by Gasteiger charge is -2.26. The van der Waals surface area contributed by atoms with Gasteiger partial charge < -0.3 is 11.1 Å². The van der Waals surface area contributed by atoms with Gasteiger partial charge in [-0.05, 0) is 62.0 Å². The van der Waals surface area contributed by atoms with E-state index in [4.69, 9.17) is 5.73 Å². The Labute approximate surface area is 152 Å². The number of thiophene rings is 1. The van der Waals surface area contributed by atoms with Gasteiger partial charge in [0.05, 0.1) is 0 Å². The second kappa shape index (κ2) is 8.78. The molecular weight excluding hydrogens is 334 g/mol. The molecule has 25 heavy (non-hydrogen) atoms. The van der Waals surface area contributed by atoms with E-state index in [0.29, 0.717) is 30.3 Å². The molecule has 0 spiro atoms. The van der Waals surface area contributed by atoms with E-state index >= 15 is 0 Å². The zero-order valence-corrected chi connectivity index (χ0v) is 15.7. The molecule has 0 radical (unpaired) electrons. The summed E-state index contributed by atoms with van der Waals surface area (Å²) in [6.45, 7) is 7.96. The van der Waals surface area contributed by atoms with E-state index in [1.165, 1.54) is 10.4 Å². The van der Waals surface area contributed by atoms with Crippen LogP contribution in [0.4, 0.5) is 5.69 Å². The van der Waals surface area contributed by atoms with Crippen molar-refractivity contribution in [2.75, 3.05) is 11.9 Å². The lowest BCUT2D eigenvalue weighted by atomic mass is 10.2. The van der Waals surface area contributed by atoms with Crippen LogP contribution in [0.5, 0.6) is 0 Å². The molecule has 0 aliphatic rings. The molecule has 0 bridgehead atoms. The predicted molar refractivity (Wildman–Crippen MR) is 103 cm³/mol. The maximum absolute atomic E-state index is 12.2. The van der Waals surface area contributed by atoms with Crippen molar-refractivity contribution in [2.45, 2.75) is 39.8 Å². The minimum Gasteiger partial charge on any atom is -0.366 e. The number of carbonyl (C=O) groups is 2. The number of nitrogens with two attached hydrogens (primary N) is 1. The molecule has 0 unspecified atom stereocenters. The number of nitrogens with zero attached hydrogens (tertiary/aromatic N) is 1. The van der Waals surface area contributed by atoms with E-state index in [1.54, 1.807) is 35.6 Å². The largest absolute Gasteiger partial charge is 0.366 e. The van der Waals surface area contributed by atoms with Gasteiger partial charge in [0.2, 0.25) is 11.8 Å². The molecule has 0 fully saturated rings. The molecule has 134 valence electrons. The Morgan fingerprint density at radius 2 is 1.88 bits per heavy atom. The lowest BCUT2D eigenvalue weighted by molar-refractivity contribution is -0.116. The third-order valence-electron chi connectivity index (χ3n) is 4.12. The summed E-state index contributed by atoms with van der Waals surface area (Å²) in [4.78, 5) is 26.9. The van der Waals surface area contributed by atoms with Crippen molar-refractivity contribution in [3.05, 3.63) is 51.7 Å². The van der Waals surface area contributed by atoms with Crippen LogP contribution in [0.2, 0.25) is 0 Å². The predicted octanol–water partition coefficient (Wildman–Crippen LogP) is 3.39. The highest BCUT2D eigenvalue weighted by Crippen LogP contribution is 2.19. The number of aryl methyl sites for hydroxylation is 1. The van der Waals surface area contributed by atoms with Gasteiger partial charge in [-0.15, -0.1) is 11.3 Å². The number of carbonyl (C=O) groups excluding carboxylic acids is 2. The molecule has 0 aliphatic heterocycles. The summed E-state index contributed by atoms with van der Waals surface area (Å²) >= 11 is 1.76. The molecule has 5 nitrogen and oxygen atoms in total. The second-order valence-electron chi connectivity index (χ2n) is 6.33. The van der Waals surface area contributed by atoms with Crippen molar-refractivity contribution >= 4 is 28.8 Å². The number of nitrogens with one attached hydrogen (secondary N) is 1. The fourth-order valence-corrected chi connectivity index (χ4v) is 3.39. The van der Waals surface area contributed by atoms with Crippen LogP contribution in [0.3, 0.4) is 0 Å². The quantitative estimate of drug-likeness (QED) is 0.758. The van der Waals surface area contributed by atoms with Crippen LogP contribution >= 0.6 is 11.3 Å². The summed E-state index contributed by atoms with van der Waals surface area (Å²) < 4.78 is 0. The van der Waals surface area contributed by atoms with Crippen LogP contribution in [0.15, 0.2) is 35.7 Å². The van der Waals surface area contributed by atoms with Crippen molar-refractivity contribution in [1.29, 1.82) is 0 Å². The van der Waals surface area contributed by atoms with E-state index < -0.39 is 5.91 Å². The summed E-state index contributed by atoms with van der Waals surface area (Å²) in [5.74, 6) is -0.519. The molecule has 2 aromatic rings. The van der Waals surface area contributed by atoms with Gasteiger partial charge in [-0.25, -0.2) is 0 Å². The Morgan fingerprint density at radius 1 is 1.20 bits per heavy atom. The molecule has 6 heteroatoms. The van der Waals surface area contributed by atoms with E-state index in [0.717, 1.165) is 6.54 Å². The summed E-state index contributed by atoms with van der Waals surface area (Å²) in [5.41, 5.74) is 7.60. The van der Waals surface area contributed by atoms with Crippen molar-refractivity contribution in [1.82, 2.24) is 4.90 Å². The first-order valence-electron chi connectivity index (χ1n) is 8.33. The maximum Gasteiger partial charge on any atom is 0.248 e. The number of amides is 2. The monoisotopic (exact) mass is 359 g/mol. The van der Waals surface area contributed by atoms with Crippen LogP contribution in [0.25, 0.3) is 0 Å². The summed E-state index contributed by atoms with van der Waals surface area (Å²) in [7, 11) is 0. The molecule has 1 heterocycles. The van der Waals surface area contributed by atoms with Crippen LogP contribution < -0.4 is 11.1 Å². The zero-order valence-electron chi connectivity index (χ0n) is 14.9. The molecule has 2 amide bonds. The number of benzene rings is 1. The lowest BCUT2D eigenvalue weighted by Crippen LogP contribution is -2.33. The fourth-order valence-electron chi connectivity index (χ4n) is 2.46. The third-order valence-corrected chi connectivity index (χ3v) is 5.13. The molecule has 0 saturated heterocycles. The Morgan fingerprint density at radius 3 is 2.40 bits per heavy atom.